The first kappa shape index (κ1) is 19.2. The van der Waals surface area contributed by atoms with Gasteiger partial charge >= 0.3 is 0 Å². The summed E-state index contributed by atoms with van der Waals surface area (Å²) >= 11 is 1.46. The van der Waals surface area contributed by atoms with Gasteiger partial charge < -0.3 is 9.88 Å². The van der Waals surface area contributed by atoms with Gasteiger partial charge in [-0.3, -0.25) is 4.79 Å². The van der Waals surface area contributed by atoms with Crippen LogP contribution in [-0.2, 0) is 4.79 Å². The van der Waals surface area contributed by atoms with E-state index in [0.717, 1.165) is 55.9 Å². The van der Waals surface area contributed by atoms with Crippen molar-refractivity contribution in [1.29, 1.82) is 5.26 Å². The number of aromatic nitrogens is 3. The average molecular weight is 376 g/mol. The van der Waals surface area contributed by atoms with Gasteiger partial charge in [0.05, 0.1) is 11.3 Å². The number of nitriles is 1. The number of nitrogens with zero attached hydrogens (tertiary/aromatic N) is 4. The lowest BCUT2D eigenvalue weighted by molar-refractivity contribution is -0.121. The minimum absolute atomic E-state index is 0.0747. The Labute approximate surface area is 160 Å². The third-order valence-corrected chi connectivity index (χ3v) is 6.77. The molecule has 2 fully saturated rings. The molecular weight excluding hydrogens is 346 g/mol. The first-order chi connectivity index (χ1) is 12.5. The Bertz CT molecular complexity index is 668. The number of carbonyl (C=O) groups excluding carboxylic acids is 1. The molecule has 0 bridgehead atoms. The molecule has 2 aliphatic carbocycles. The molecule has 1 unspecified atom stereocenters. The van der Waals surface area contributed by atoms with E-state index >= 15 is 0 Å². The second-order valence-electron chi connectivity index (χ2n) is 7.70. The van der Waals surface area contributed by atoms with Crippen molar-refractivity contribution in [2.45, 2.75) is 100 Å². The molecule has 1 amide bonds. The highest BCUT2D eigenvalue weighted by atomic mass is 32.2. The van der Waals surface area contributed by atoms with E-state index in [4.69, 9.17) is 0 Å². The van der Waals surface area contributed by atoms with Crippen molar-refractivity contribution >= 4 is 17.7 Å². The Morgan fingerprint density at radius 1 is 1.23 bits per heavy atom. The summed E-state index contributed by atoms with van der Waals surface area (Å²) in [4.78, 5) is 12.7. The number of nitrogens with one attached hydrogen (secondary N) is 1. The molecule has 1 aromatic rings. The van der Waals surface area contributed by atoms with Crippen LogP contribution in [0.1, 0.15) is 83.0 Å². The van der Waals surface area contributed by atoms with E-state index in [1.54, 1.807) is 0 Å². The van der Waals surface area contributed by atoms with Gasteiger partial charge in [0, 0.05) is 6.04 Å². The largest absolute Gasteiger partial charge is 0.337 e. The van der Waals surface area contributed by atoms with E-state index < -0.39 is 5.54 Å². The molecule has 1 heterocycles. The number of aryl methyl sites for hydroxylation is 1. The summed E-state index contributed by atoms with van der Waals surface area (Å²) in [6, 6.07) is 2.80. The van der Waals surface area contributed by atoms with Gasteiger partial charge in [-0.2, -0.15) is 5.26 Å². The summed E-state index contributed by atoms with van der Waals surface area (Å²) in [5, 5.41) is 21.7. The number of amides is 1. The van der Waals surface area contributed by atoms with Crippen molar-refractivity contribution in [3.63, 3.8) is 0 Å². The van der Waals surface area contributed by atoms with Crippen LogP contribution in [0.5, 0.6) is 0 Å². The van der Waals surface area contributed by atoms with Gasteiger partial charge in [0.15, 0.2) is 5.16 Å². The summed E-state index contributed by atoms with van der Waals surface area (Å²) in [6.07, 6.45) is 10.8. The molecule has 0 radical (unpaired) electrons. The van der Waals surface area contributed by atoms with E-state index in [1.165, 1.54) is 31.0 Å². The van der Waals surface area contributed by atoms with Gasteiger partial charge in [0.2, 0.25) is 5.91 Å². The highest BCUT2D eigenvalue weighted by molar-refractivity contribution is 8.00. The Balaban J connectivity index is 1.67. The maximum atomic E-state index is 12.7. The van der Waals surface area contributed by atoms with Gasteiger partial charge in [-0.1, -0.05) is 50.3 Å². The maximum absolute atomic E-state index is 12.7. The lowest BCUT2D eigenvalue weighted by atomic mass is 9.83. The van der Waals surface area contributed by atoms with Crippen LogP contribution in [0.15, 0.2) is 5.16 Å². The van der Waals surface area contributed by atoms with Crippen LogP contribution in [0.4, 0.5) is 0 Å². The zero-order valence-electron chi connectivity index (χ0n) is 15.8. The van der Waals surface area contributed by atoms with Crippen LogP contribution in [0, 0.1) is 18.3 Å². The lowest BCUT2D eigenvalue weighted by Crippen LogP contribution is -2.51. The number of hydrogen-bond acceptors (Lipinski definition) is 5. The maximum Gasteiger partial charge on any atom is 0.234 e. The van der Waals surface area contributed by atoms with Crippen molar-refractivity contribution in [3.8, 4) is 6.07 Å². The zero-order valence-corrected chi connectivity index (χ0v) is 16.6. The highest BCUT2D eigenvalue weighted by Gasteiger charge is 2.35. The Morgan fingerprint density at radius 2 is 1.88 bits per heavy atom. The smallest absolute Gasteiger partial charge is 0.234 e. The van der Waals surface area contributed by atoms with Crippen molar-refractivity contribution in [3.05, 3.63) is 5.82 Å². The highest BCUT2D eigenvalue weighted by Crippen LogP contribution is 2.34. The van der Waals surface area contributed by atoms with E-state index in [9.17, 15) is 10.1 Å². The van der Waals surface area contributed by atoms with Gasteiger partial charge in [-0.05, 0) is 39.5 Å². The molecule has 0 saturated heterocycles. The summed E-state index contributed by atoms with van der Waals surface area (Å²) in [5.74, 6) is 0.849. The quantitative estimate of drug-likeness (QED) is 0.789. The standard InChI is InChI=1S/C19H29N5OS/c1-14(17(25)21-19(13-20)11-7-4-8-12-19)26-18-23-22-15(2)24(18)16-9-5-3-6-10-16/h14,16H,3-12H2,1-2H3,(H,21,25). The average Bonchev–Trinajstić information content (AvgIpc) is 3.03. The Kier molecular flexibility index (Phi) is 6.23. The predicted octanol–water partition coefficient (Wildman–Crippen LogP) is 3.92. The molecule has 26 heavy (non-hydrogen) atoms. The van der Waals surface area contributed by atoms with Crippen LogP contribution in [0.3, 0.4) is 0 Å². The van der Waals surface area contributed by atoms with Crippen LogP contribution < -0.4 is 5.32 Å². The van der Waals surface area contributed by atoms with Crippen LogP contribution in [0.25, 0.3) is 0 Å². The zero-order chi connectivity index (χ0) is 18.6. The second-order valence-corrected chi connectivity index (χ2v) is 9.00. The third kappa shape index (κ3) is 4.22. The molecule has 7 heteroatoms. The summed E-state index contributed by atoms with van der Waals surface area (Å²) in [7, 11) is 0. The fourth-order valence-corrected chi connectivity index (χ4v) is 5.12. The molecule has 2 aliphatic rings. The number of hydrogen-bond donors (Lipinski definition) is 1. The molecular formula is C19H29N5OS. The summed E-state index contributed by atoms with van der Waals surface area (Å²) in [6.45, 7) is 3.88. The summed E-state index contributed by atoms with van der Waals surface area (Å²) < 4.78 is 2.22. The number of rotatable bonds is 5. The minimum atomic E-state index is -0.683. The van der Waals surface area contributed by atoms with E-state index in [-0.39, 0.29) is 11.2 Å². The first-order valence-corrected chi connectivity index (χ1v) is 10.7. The van der Waals surface area contributed by atoms with Crippen LogP contribution in [-0.4, -0.2) is 31.5 Å². The first-order valence-electron chi connectivity index (χ1n) is 9.86. The molecule has 0 spiro atoms. The Hall–Kier alpha value is -1.55. The monoisotopic (exact) mass is 375 g/mol. The van der Waals surface area contributed by atoms with Crippen molar-refractivity contribution < 1.29 is 4.79 Å². The van der Waals surface area contributed by atoms with Crippen molar-refractivity contribution in [2.75, 3.05) is 0 Å². The van der Waals surface area contributed by atoms with Crippen LogP contribution >= 0.6 is 11.8 Å². The van der Waals surface area contributed by atoms with Crippen LogP contribution in [0.2, 0.25) is 0 Å². The van der Waals surface area contributed by atoms with Crippen molar-refractivity contribution in [2.24, 2.45) is 0 Å². The second kappa shape index (κ2) is 8.43. The normalized spacial score (nSPS) is 21.7. The van der Waals surface area contributed by atoms with E-state index in [2.05, 4.69) is 26.2 Å². The van der Waals surface area contributed by atoms with Gasteiger partial charge in [-0.15, -0.1) is 10.2 Å². The molecule has 0 aromatic carbocycles. The molecule has 1 N–H and O–H groups in total. The summed E-state index contributed by atoms with van der Waals surface area (Å²) in [5.41, 5.74) is -0.683. The van der Waals surface area contributed by atoms with E-state index in [1.807, 2.05) is 13.8 Å². The fourth-order valence-electron chi connectivity index (χ4n) is 4.16. The topological polar surface area (TPSA) is 83.6 Å². The molecule has 6 nitrogen and oxygen atoms in total. The lowest BCUT2D eigenvalue weighted by Gasteiger charge is -2.32. The van der Waals surface area contributed by atoms with Gasteiger partial charge in [0.1, 0.15) is 11.4 Å². The molecule has 3 rings (SSSR count). The predicted molar refractivity (Wildman–Crippen MR) is 102 cm³/mol. The minimum Gasteiger partial charge on any atom is -0.337 e. The molecule has 142 valence electrons. The number of carbonyl (C=O) groups is 1. The fraction of sp³-hybridized carbons (Fsp3) is 0.789. The number of thioether (sulfide) groups is 1. The third-order valence-electron chi connectivity index (χ3n) is 5.71. The van der Waals surface area contributed by atoms with Crippen molar-refractivity contribution in [1.82, 2.24) is 20.1 Å². The SMILES string of the molecule is Cc1nnc(SC(C)C(=O)NC2(C#N)CCCCC2)n1C1CCCCC1. The molecule has 2 saturated carbocycles. The van der Waals surface area contributed by atoms with Gasteiger partial charge in [-0.25, -0.2) is 0 Å². The Morgan fingerprint density at radius 3 is 2.54 bits per heavy atom. The molecule has 1 atom stereocenters. The van der Waals surface area contributed by atoms with E-state index in [0.29, 0.717) is 6.04 Å². The molecule has 0 aliphatic heterocycles. The van der Waals surface area contributed by atoms with Gasteiger partial charge in [0.25, 0.3) is 0 Å². The molecule has 1 aromatic heterocycles.